The highest BCUT2D eigenvalue weighted by Gasteiger charge is 2.21. The molecule has 1 fully saturated rings. The molecule has 1 N–H and O–H groups in total. The number of carboxylic acid groups (broad SMARTS) is 1. The van der Waals surface area contributed by atoms with E-state index in [2.05, 4.69) is 15.5 Å². The average Bonchev–Trinajstić information content (AvgIpc) is 2.69. The molecule has 0 amide bonds. The van der Waals surface area contributed by atoms with E-state index in [1.54, 1.807) is 11.6 Å². The Bertz CT molecular complexity index is 411. The lowest BCUT2D eigenvalue weighted by Crippen LogP contribution is -2.16. The zero-order chi connectivity index (χ0) is 13.7. The van der Waals surface area contributed by atoms with Gasteiger partial charge in [-0.2, -0.15) is 0 Å². The van der Waals surface area contributed by atoms with Crippen LogP contribution in [-0.2, 0) is 11.3 Å². The first-order chi connectivity index (χ1) is 9.18. The number of tetrazole rings is 1. The van der Waals surface area contributed by atoms with E-state index in [1.807, 2.05) is 0 Å². The lowest BCUT2D eigenvalue weighted by molar-refractivity contribution is -0.141. The van der Waals surface area contributed by atoms with E-state index in [9.17, 15) is 4.79 Å². The largest absolute Gasteiger partial charge is 0.481 e. The van der Waals surface area contributed by atoms with Gasteiger partial charge in [-0.1, -0.05) is 32.6 Å². The summed E-state index contributed by atoms with van der Waals surface area (Å²) < 4.78 is 1.80. The monoisotopic (exact) mass is 266 g/mol. The fraction of sp³-hybridized carbons (Fsp3) is 0.846. The lowest BCUT2D eigenvalue weighted by Gasteiger charge is -2.14. The maximum Gasteiger partial charge on any atom is 0.306 e. The molecule has 1 heterocycles. The fourth-order valence-electron chi connectivity index (χ4n) is 2.64. The van der Waals surface area contributed by atoms with Gasteiger partial charge in [0.15, 0.2) is 5.82 Å². The summed E-state index contributed by atoms with van der Waals surface area (Å²) in [5, 5.41) is 20.8. The molecule has 0 spiro atoms. The summed E-state index contributed by atoms with van der Waals surface area (Å²) in [6.07, 6.45) is 7.94. The minimum atomic E-state index is -0.760. The number of carboxylic acids is 1. The molecule has 0 radical (unpaired) electrons. The van der Waals surface area contributed by atoms with Gasteiger partial charge in [0.1, 0.15) is 0 Å². The van der Waals surface area contributed by atoms with Gasteiger partial charge in [-0.3, -0.25) is 4.79 Å². The van der Waals surface area contributed by atoms with Crippen molar-refractivity contribution in [3.63, 3.8) is 0 Å². The second kappa shape index (κ2) is 6.63. The van der Waals surface area contributed by atoms with Crippen LogP contribution >= 0.6 is 0 Å². The summed E-state index contributed by atoms with van der Waals surface area (Å²) in [6, 6.07) is 0. The molecule has 1 atom stereocenters. The van der Waals surface area contributed by atoms with Crippen molar-refractivity contribution in [2.75, 3.05) is 0 Å². The first kappa shape index (κ1) is 14.0. The van der Waals surface area contributed by atoms with Crippen molar-refractivity contribution in [3.8, 4) is 0 Å². The van der Waals surface area contributed by atoms with Crippen LogP contribution in [0.3, 0.4) is 0 Å². The highest BCUT2D eigenvalue weighted by molar-refractivity contribution is 5.69. The number of nitrogens with zero attached hydrogens (tertiary/aromatic N) is 4. The SMILES string of the molecule is CC(CCn1nnnc1C1CCCCCC1)C(=O)O. The van der Waals surface area contributed by atoms with E-state index < -0.39 is 5.97 Å². The van der Waals surface area contributed by atoms with E-state index in [0.29, 0.717) is 18.9 Å². The van der Waals surface area contributed by atoms with Crippen LogP contribution in [0.25, 0.3) is 0 Å². The van der Waals surface area contributed by atoms with E-state index in [-0.39, 0.29) is 5.92 Å². The van der Waals surface area contributed by atoms with E-state index in [1.165, 1.54) is 25.7 Å². The van der Waals surface area contributed by atoms with E-state index in [4.69, 9.17) is 5.11 Å². The number of aliphatic carboxylic acids is 1. The van der Waals surface area contributed by atoms with Crippen LogP contribution in [0, 0.1) is 5.92 Å². The molecule has 106 valence electrons. The first-order valence-electron chi connectivity index (χ1n) is 7.17. The van der Waals surface area contributed by atoms with Crippen molar-refractivity contribution in [1.29, 1.82) is 0 Å². The van der Waals surface area contributed by atoms with Gasteiger partial charge in [0.05, 0.1) is 5.92 Å². The normalized spacial score (nSPS) is 19.0. The molecular weight excluding hydrogens is 244 g/mol. The molecule has 2 rings (SSSR count). The summed E-state index contributed by atoms with van der Waals surface area (Å²) in [7, 11) is 0. The Kier molecular flexibility index (Phi) is 4.87. The van der Waals surface area contributed by atoms with Crippen molar-refractivity contribution in [2.24, 2.45) is 5.92 Å². The first-order valence-corrected chi connectivity index (χ1v) is 7.17. The van der Waals surface area contributed by atoms with Gasteiger partial charge in [-0.25, -0.2) is 4.68 Å². The van der Waals surface area contributed by atoms with E-state index >= 15 is 0 Å². The van der Waals surface area contributed by atoms with Crippen molar-refractivity contribution in [2.45, 2.75) is 64.3 Å². The topological polar surface area (TPSA) is 80.9 Å². The molecule has 0 aromatic carbocycles. The molecule has 19 heavy (non-hydrogen) atoms. The maximum atomic E-state index is 10.8. The molecule has 0 saturated heterocycles. The van der Waals surface area contributed by atoms with Crippen LogP contribution in [0.1, 0.15) is 63.6 Å². The number of carbonyl (C=O) groups is 1. The van der Waals surface area contributed by atoms with Crippen molar-refractivity contribution < 1.29 is 9.90 Å². The summed E-state index contributed by atoms with van der Waals surface area (Å²) in [4.78, 5) is 10.8. The molecule has 0 aliphatic heterocycles. The zero-order valence-corrected chi connectivity index (χ0v) is 11.5. The van der Waals surface area contributed by atoms with Crippen molar-refractivity contribution in [3.05, 3.63) is 5.82 Å². The Morgan fingerprint density at radius 3 is 2.68 bits per heavy atom. The predicted molar refractivity (Wildman–Crippen MR) is 69.7 cm³/mol. The van der Waals surface area contributed by atoms with Gasteiger partial charge in [0.25, 0.3) is 0 Å². The van der Waals surface area contributed by atoms with Crippen molar-refractivity contribution >= 4 is 5.97 Å². The van der Waals surface area contributed by atoms with Gasteiger partial charge >= 0.3 is 5.97 Å². The second-order valence-electron chi connectivity index (χ2n) is 5.48. The Labute approximate surface area is 113 Å². The third-order valence-corrected chi connectivity index (χ3v) is 3.98. The molecule has 1 aliphatic rings. The molecule has 0 bridgehead atoms. The average molecular weight is 266 g/mol. The highest BCUT2D eigenvalue weighted by atomic mass is 16.4. The maximum absolute atomic E-state index is 10.8. The molecule has 1 saturated carbocycles. The van der Waals surface area contributed by atoms with Crippen LogP contribution in [0.2, 0.25) is 0 Å². The highest BCUT2D eigenvalue weighted by Crippen LogP contribution is 2.30. The third-order valence-electron chi connectivity index (χ3n) is 3.98. The number of aromatic nitrogens is 4. The summed E-state index contributed by atoms with van der Waals surface area (Å²) in [6.45, 7) is 2.31. The van der Waals surface area contributed by atoms with Crippen LogP contribution in [0.4, 0.5) is 0 Å². The minimum Gasteiger partial charge on any atom is -0.481 e. The standard InChI is InChI=1S/C13H22N4O2/c1-10(13(18)19)8-9-17-12(14-15-16-17)11-6-4-2-3-5-7-11/h10-11H,2-9H2,1H3,(H,18,19). The van der Waals surface area contributed by atoms with Gasteiger partial charge in [0.2, 0.25) is 0 Å². The smallest absolute Gasteiger partial charge is 0.306 e. The van der Waals surface area contributed by atoms with Crippen LogP contribution in [0.5, 0.6) is 0 Å². The van der Waals surface area contributed by atoms with Crippen LogP contribution in [-0.4, -0.2) is 31.3 Å². The summed E-state index contributed by atoms with van der Waals surface area (Å²) in [5.74, 6) is 0.271. The second-order valence-corrected chi connectivity index (χ2v) is 5.48. The van der Waals surface area contributed by atoms with Gasteiger partial charge in [-0.15, -0.1) is 5.10 Å². The fourth-order valence-corrected chi connectivity index (χ4v) is 2.64. The molecule has 1 aliphatic carbocycles. The zero-order valence-electron chi connectivity index (χ0n) is 11.5. The summed E-state index contributed by atoms with van der Waals surface area (Å²) >= 11 is 0. The predicted octanol–water partition coefficient (Wildman–Crippen LogP) is 2.22. The Morgan fingerprint density at radius 2 is 2.05 bits per heavy atom. The Balaban J connectivity index is 1.98. The van der Waals surface area contributed by atoms with Crippen LogP contribution in [0.15, 0.2) is 0 Å². The molecule has 1 unspecified atom stereocenters. The molecule has 6 heteroatoms. The minimum absolute atomic E-state index is 0.355. The third kappa shape index (κ3) is 3.75. The number of hydrogen-bond acceptors (Lipinski definition) is 4. The number of aryl methyl sites for hydroxylation is 1. The quantitative estimate of drug-likeness (QED) is 0.826. The van der Waals surface area contributed by atoms with Crippen molar-refractivity contribution in [1.82, 2.24) is 20.2 Å². The molecule has 1 aromatic rings. The molecule has 1 aromatic heterocycles. The van der Waals surface area contributed by atoms with Gasteiger partial charge in [-0.05, 0) is 29.7 Å². The molecule has 6 nitrogen and oxygen atoms in total. The van der Waals surface area contributed by atoms with Gasteiger partial charge < -0.3 is 5.11 Å². The van der Waals surface area contributed by atoms with Crippen LogP contribution < -0.4 is 0 Å². The summed E-state index contributed by atoms with van der Waals surface area (Å²) in [5.41, 5.74) is 0. The number of rotatable bonds is 5. The molecular formula is C13H22N4O2. The van der Waals surface area contributed by atoms with Gasteiger partial charge in [0, 0.05) is 12.5 Å². The number of hydrogen-bond donors (Lipinski definition) is 1. The Morgan fingerprint density at radius 1 is 1.37 bits per heavy atom. The van der Waals surface area contributed by atoms with E-state index in [0.717, 1.165) is 18.7 Å². The lowest BCUT2D eigenvalue weighted by atomic mass is 9.99. The Hall–Kier alpha value is -1.46.